The Labute approximate surface area is 179 Å². The zero-order valence-electron chi connectivity index (χ0n) is 16.5. The smallest absolute Gasteiger partial charge is 0.269 e. The molecule has 166 valence electrons. The molecule has 0 spiro atoms. The van der Waals surface area contributed by atoms with E-state index in [9.17, 15) is 27.2 Å². The number of aromatic nitrogens is 3. The first-order valence-corrected chi connectivity index (χ1v) is 9.47. The third kappa shape index (κ3) is 6.06. The molecule has 0 saturated carbocycles. The highest BCUT2D eigenvalue weighted by Crippen LogP contribution is 2.08. The van der Waals surface area contributed by atoms with Crippen molar-refractivity contribution in [3.63, 3.8) is 0 Å². The summed E-state index contributed by atoms with van der Waals surface area (Å²) in [4.78, 5) is 35.7. The molecule has 0 aliphatic rings. The van der Waals surface area contributed by atoms with Crippen LogP contribution in [0.25, 0.3) is 0 Å². The van der Waals surface area contributed by atoms with Gasteiger partial charge in [-0.25, -0.2) is 22.5 Å². The third-order valence-corrected chi connectivity index (χ3v) is 4.28. The monoisotopic (exact) mass is 447 g/mol. The van der Waals surface area contributed by atoms with Gasteiger partial charge in [0.1, 0.15) is 34.7 Å². The summed E-state index contributed by atoms with van der Waals surface area (Å²) in [6, 6.07) is 5.64. The van der Waals surface area contributed by atoms with Crippen LogP contribution in [-0.2, 0) is 12.8 Å². The molecule has 0 radical (unpaired) electrons. The first-order valence-electron chi connectivity index (χ1n) is 9.47. The van der Waals surface area contributed by atoms with Gasteiger partial charge in [0.05, 0.1) is 23.8 Å². The molecular weight excluding hydrogens is 430 g/mol. The van der Waals surface area contributed by atoms with E-state index >= 15 is 0 Å². The van der Waals surface area contributed by atoms with E-state index in [4.69, 9.17) is 0 Å². The lowest BCUT2D eigenvalue weighted by Gasteiger charge is -2.08. The summed E-state index contributed by atoms with van der Waals surface area (Å²) in [5.74, 6) is -4.42. The van der Waals surface area contributed by atoms with Crippen LogP contribution in [0.1, 0.15) is 32.4 Å². The second kappa shape index (κ2) is 10.4. The summed E-state index contributed by atoms with van der Waals surface area (Å²) in [7, 11) is 0. The molecule has 0 bridgehead atoms. The molecule has 0 atom stereocenters. The Morgan fingerprint density at radius 2 is 1.19 bits per heavy atom. The lowest BCUT2D eigenvalue weighted by atomic mass is 10.2. The van der Waals surface area contributed by atoms with Crippen LogP contribution in [0.3, 0.4) is 0 Å². The Morgan fingerprint density at radius 1 is 0.750 bits per heavy atom. The summed E-state index contributed by atoms with van der Waals surface area (Å²) in [5.41, 5.74) is -0.0902. The number of nitrogens with one attached hydrogen (secondary N) is 2. The van der Waals surface area contributed by atoms with Gasteiger partial charge in [0.15, 0.2) is 0 Å². The molecule has 32 heavy (non-hydrogen) atoms. The standard InChI is InChI=1S/C21H17F4N5O2/c22-12-8-14(24)16(28-10-12)4-6-26-20(31)18-2-1-3-19(30-18)21(32)27-7-5-17-15(25)9-13(23)11-29-17/h1-3,8-11H,4-7H2,(H,26,31)(H,27,32). The highest BCUT2D eigenvalue weighted by atomic mass is 19.1. The number of hydrogen-bond donors (Lipinski definition) is 2. The molecular formula is C21H17F4N5O2. The van der Waals surface area contributed by atoms with Crippen LogP contribution in [0.4, 0.5) is 17.6 Å². The van der Waals surface area contributed by atoms with Gasteiger partial charge in [0.25, 0.3) is 11.8 Å². The maximum Gasteiger partial charge on any atom is 0.269 e. The number of halogens is 4. The molecule has 0 unspecified atom stereocenters. The third-order valence-electron chi connectivity index (χ3n) is 4.28. The maximum absolute atomic E-state index is 13.6. The van der Waals surface area contributed by atoms with Gasteiger partial charge in [-0.05, 0) is 12.1 Å². The molecule has 0 saturated heterocycles. The summed E-state index contributed by atoms with van der Waals surface area (Å²) in [6.07, 6.45) is 1.83. The summed E-state index contributed by atoms with van der Waals surface area (Å²) in [5, 5.41) is 5.03. The van der Waals surface area contributed by atoms with Crippen molar-refractivity contribution in [1.29, 1.82) is 0 Å². The Balaban J connectivity index is 1.52. The van der Waals surface area contributed by atoms with Crippen molar-refractivity contribution in [2.75, 3.05) is 13.1 Å². The van der Waals surface area contributed by atoms with E-state index in [1.807, 2.05) is 0 Å². The van der Waals surface area contributed by atoms with Crippen LogP contribution in [0.2, 0.25) is 0 Å². The summed E-state index contributed by atoms with van der Waals surface area (Å²) >= 11 is 0. The number of carbonyl (C=O) groups is 2. The predicted molar refractivity (Wildman–Crippen MR) is 105 cm³/mol. The van der Waals surface area contributed by atoms with Gasteiger partial charge in [-0.3, -0.25) is 19.6 Å². The zero-order chi connectivity index (χ0) is 23.1. The van der Waals surface area contributed by atoms with Crippen molar-refractivity contribution in [2.45, 2.75) is 12.8 Å². The normalized spacial score (nSPS) is 10.6. The molecule has 2 N–H and O–H groups in total. The van der Waals surface area contributed by atoms with Gasteiger partial charge in [-0.2, -0.15) is 0 Å². The maximum atomic E-state index is 13.6. The van der Waals surface area contributed by atoms with Gasteiger partial charge in [-0.15, -0.1) is 0 Å². The van der Waals surface area contributed by atoms with Crippen LogP contribution < -0.4 is 10.6 Å². The second-order valence-electron chi connectivity index (χ2n) is 6.58. The Kier molecular flexibility index (Phi) is 7.42. The summed E-state index contributed by atoms with van der Waals surface area (Å²) in [6.45, 7) is 0.0332. The number of hydrogen-bond acceptors (Lipinski definition) is 5. The lowest BCUT2D eigenvalue weighted by molar-refractivity contribution is 0.0944. The van der Waals surface area contributed by atoms with Crippen molar-refractivity contribution in [3.05, 3.63) is 88.8 Å². The quantitative estimate of drug-likeness (QED) is 0.517. The molecule has 2 amide bonds. The first kappa shape index (κ1) is 22.8. The highest BCUT2D eigenvalue weighted by molar-refractivity contribution is 5.96. The molecule has 3 aromatic rings. The van der Waals surface area contributed by atoms with Crippen molar-refractivity contribution in [2.24, 2.45) is 0 Å². The van der Waals surface area contributed by atoms with E-state index in [2.05, 4.69) is 25.6 Å². The van der Waals surface area contributed by atoms with Crippen molar-refractivity contribution in [3.8, 4) is 0 Å². The Hall–Kier alpha value is -3.89. The number of nitrogens with zero attached hydrogens (tertiary/aromatic N) is 3. The molecule has 11 heteroatoms. The van der Waals surface area contributed by atoms with Crippen molar-refractivity contribution in [1.82, 2.24) is 25.6 Å². The molecule has 3 rings (SSSR count). The fourth-order valence-corrected chi connectivity index (χ4v) is 2.71. The topological polar surface area (TPSA) is 96.9 Å². The molecule has 3 aromatic heterocycles. The van der Waals surface area contributed by atoms with Crippen LogP contribution in [0.5, 0.6) is 0 Å². The first-order chi connectivity index (χ1) is 15.3. The molecule has 0 fully saturated rings. The minimum atomic E-state index is -0.813. The van der Waals surface area contributed by atoms with Gasteiger partial charge in [0, 0.05) is 38.1 Å². The molecule has 7 nitrogen and oxygen atoms in total. The predicted octanol–water partition coefficient (Wildman–Crippen LogP) is 2.37. The second-order valence-corrected chi connectivity index (χ2v) is 6.58. The van der Waals surface area contributed by atoms with Gasteiger partial charge < -0.3 is 10.6 Å². The van der Waals surface area contributed by atoms with E-state index in [1.165, 1.54) is 18.2 Å². The number of amides is 2. The molecule has 3 heterocycles. The number of rotatable bonds is 8. The van der Waals surface area contributed by atoms with Gasteiger partial charge in [-0.1, -0.05) is 6.07 Å². The van der Waals surface area contributed by atoms with Crippen molar-refractivity contribution < 1.29 is 27.2 Å². The fraction of sp³-hybridized carbons (Fsp3) is 0.190. The van der Waals surface area contributed by atoms with E-state index in [0.29, 0.717) is 12.1 Å². The number of pyridine rings is 3. The van der Waals surface area contributed by atoms with E-state index < -0.39 is 35.1 Å². The zero-order valence-corrected chi connectivity index (χ0v) is 16.5. The largest absolute Gasteiger partial charge is 0.350 e. The number of carbonyl (C=O) groups excluding carboxylic acids is 2. The van der Waals surface area contributed by atoms with Gasteiger partial charge >= 0.3 is 0 Å². The fourth-order valence-electron chi connectivity index (χ4n) is 2.71. The molecule has 0 aromatic carbocycles. The molecule has 0 aliphatic heterocycles. The van der Waals surface area contributed by atoms with E-state index in [0.717, 1.165) is 12.4 Å². The van der Waals surface area contributed by atoms with E-state index in [1.54, 1.807) is 0 Å². The summed E-state index contributed by atoms with van der Waals surface area (Å²) < 4.78 is 52.9. The minimum Gasteiger partial charge on any atom is -0.350 e. The van der Waals surface area contributed by atoms with Crippen LogP contribution in [-0.4, -0.2) is 39.9 Å². The highest BCUT2D eigenvalue weighted by Gasteiger charge is 2.13. The van der Waals surface area contributed by atoms with Crippen LogP contribution in [0.15, 0.2) is 42.7 Å². The minimum absolute atomic E-state index is 0.000122. The van der Waals surface area contributed by atoms with Gasteiger partial charge in [0.2, 0.25) is 0 Å². The lowest BCUT2D eigenvalue weighted by Crippen LogP contribution is -2.30. The van der Waals surface area contributed by atoms with Crippen molar-refractivity contribution >= 4 is 11.8 Å². The Morgan fingerprint density at radius 3 is 1.59 bits per heavy atom. The molecule has 0 aliphatic carbocycles. The Bertz CT molecular complexity index is 1060. The van der Waals surface area contributed by atoms with Crippen LogP contribution in [0, 0.1) is 23.3 Å². The van der Waals surface area contributed by atoms with E-state index in [-0.39, 0.29) is 48.7 Å². The SMILES string of the molecule is O=C(NCCc1ncc(F)cc1F)c1cccc(C(=O)NCCc2ncc(F)cc2F)n1. The average molecular weight is 447 g/mol. The average Bonchev–Trinajstić information content (AvgIpc) is 2.76. The van der Waals surface area contributed by atoms with Crippen LogP contribution >= 0.6 is 0 Å².